The van der Waals surface area contributed by atoms with Crippen molar-refractivity contribution < 1.29 is 0 Å². The molecule has 16 heavy (non-hydrogen) atoms. The van der Waals surface area contributed by atoms with E-state index in [0.717, 1.165) is 16.9 Å². The van der Waals surface area contributed by atoms with Gasteiger partial charge in [0.05, 0.1) is 5.69 Å². The number of aryl methyl sites for hydroxylation is 3. The summed E-state index contributed by atoms with van der Waals surface area (Å²) in [6.07, 6.45) is 0. The topological polar surface area (TPSA) is 43.8 Å². The summed E-state index contributed by atoms with van der Waals surface area (Å²) in [6, 6.07) is 6.13. The lowest BCUT2D eigenvalue weighted by atomic mass is 10.0. The van der Waals surface area contributed by atoms with Gasteiger partial charge in [-0.15, -0.1) is 0 Å². The van der Waals surface area contributed by atoms with Crippen molar-refractivity contribution in [3.8, 4) is 11.1 Å². The van der Waals surface area contributed by atoms with Gasteiger partial charge in [-0.2, -0.15) is 5.10 Å². The molecule has 0 fully saturated rings. The van der Waals surface area contributed by atoms with Crippen LogP contribution in [0.15, 0.2) is 18.2 Å². The number of rotatable bonds is 1. The second-order valence-electron chi connectivity index (χ2n) is 4.24. The largest absolute Gasteiger partial charge is 0.399 e. The lowest BCUT2D eigenvalue weighted by Gasteiger charge is -2.05. The summed E-state index contributed by atoms with van der Waals surface area (Å²) in [5, 5.41) is 4.42. The molecule has 0 aliphatic carbocycles. The average molecular weight is 215 g/mol. The minimum Gasteiger partial charge on any atom is -0.399 e. The van der Waals surface area contributed by atoms with Gasteiger partial charge in [0.1, 0.15) is 0 Å². The molecule has 0 radical (unpaired) electrons. The summed E-state index contributed by atoms with van der Waals surface area (Å²) in [5.41, 5.74) is 12.4. The van der Waals surface area contributed by atoms with Gasteiger partial charge in [-0.05, 0) is 44.0 Å². The fraction of sp³-hybridized carbons (Fsp3) is 0.308. The predicted octanol–water partition coefficient (Wildman–Crippen LogP) is 2.59. The van der Waals surface area contributed by atoms with Crippen LogP contribution in [0.25, 0.3) is 11.1 Å². The van der Waals surface area contributed by atoms with Gasteiger partial charge in [0.25, 0.3) is 0 Å². The molecule has 0 amide bonds. The van der Waals surface area contributed by atoms with E-state index in [2.05, 4.69) is 24.2 Å². The summed E-state index contributed by atoms with van der Waals surface area (Å²) in [5.74, 6) is 0. The molecule has 2 N–H and O–H groups in total. The van der Waals surface area contributed by atoms with Crippen molar-refractivity contribution in [2.75, 3.05) is 5.73 Å². The smallest absolute Gasteiger partial charge is 0.0674 e. The van der Waals surface area contributed by atoms with Crippen molar-refractivity contribution in [3.05, 3.63) is 35.2 Å². The molecule has 0 bridgehead atoms. The lowest BCUT2D eigenvalue weighted by Crippen LogP contribution is -1.93. The van der Waals surface area contributed by atoms with E-state index in [1.54, 1.807) is 0 Å². The first kappa shape index (κ1) is 10.7. The summed E-state index contributed by atoms with van der Waals surface area (Å²) in [4.78, 5) is 0. The van der Waals surface area contributed by atoms with E-state index in [4.69, 9.17) is 5.73 Å². The number of nitrogens with zero attached hydrogens (tertiary/aromatic N) is 2. The molecular formula is C13H17N3. The van der Waals surface area contributed by atoms with Crippen molar-refractivity contribution in [3.63, 3.8) is 0 Å². The molecule has 1 aromatic carbocycles. The molecule has 0 aliphatic rings. The third-order valence-electron chi connectivity index (χ3n) is 3.07. The standard InChI is InChI=1S/C13H17N3/c1-8-7-11(5-6-12(8)14)13-9(2)15-16(4)10(13)3/h5-7H,14H2,1-4H3. The highest BCUT2D eigenvalue weighted by Crippen LogP contribution is 2.28. The van der Waals surface area contributed by atoms with Gasteiger partial charge in [-0.1, -0.05) is 6.07 Å². The van der Waals surface area contributed by atoms with E-state index in [-0.39, 0.29) is 0 Å². The maximum Gasteiger partial charge on any atom is 0.0674 e. The SMILES string of the molecule is Cc1cc(-c2c(C)nn(C)c2C)ccc1N. The summed E-state index contributed by atoms with van der Waals surface area (Å²) in [7, 11) is 1.97. The molecular weight excluding hydrogens is 198 g/mol. The van der Waals surface area contributed by atoms with Crippen molar-refractivity contribution in [2.45, 2.75) is 20.8 Å². The zero-order valence-corrected chi connectivity index (χ0v) is 10.2. The van der Waals surface area contributed by atoms with Gasteiger partial charge >= 0.3 is 0 Å². The van der Waals surface area contributed by atoms with Gasteiger partial charge in [0.2, 0.25) is 0 Å². The van der Waals surface area contributed by atoms with E-state index >= 15 is 0 Å². The molecule has 0 saturated carbocycles. The highest BCUT2D eigenvalue weighted by molar-refractivity contribution is 5.71. The number of nitrogens with two attached hydrogens (primary N) is 1. The van der Waals surface area contributed by atoms with Crippen molar-refractivity contribution in [1.82, 2.24) is 9.78 Å². The van der Waals surface area contributed by atoms with Crippen LogP contribution < -0.4 is 5.73 Å². The van der Waals surface area contributed by atoms with E-state index < -0.39 is 0 Å². The van der Waals surface area contributed by atoms with Crippen LogP contribution >= 0.6 is 0 Å². The quantitative estimate of drug-likeness (QED) is 0.743. The monoisotopic (exact) mass is 215 g/mol. The third kappa shape index (κ3) is 1.58. The zero-order valence-electron chi connectivity index (χ0n) is 10.2. The Kier molecular flexibility index (Phi) is 2.46. The maximum atomic E-state index is 5.83. The molecule has 0 saturated heterocycles. The molecule has 1 heterocycles. The molecule has 2 rings (SSSR count). The molecule has 3 heteroatoms. The predicted molar refractivity (Wildman–Crippen MR) is 67.3 cm³/mol. The van der Waals surface area contributed by atoms with Crippen LogP contribution in [0.3, 0.4) is 0 Å². The lowest BCUT2D eigenvalue weighted by molar-refractivity contribution is 0.731. The summed E-state index contributed by atoms with van der Waals surface area (Å²) < 4.78 is 1.91. The highest BCUT2D eigenvalue weighted by Gasteiger charge is 2.11. The normalized spacial score (nSPS) is 10.8. The number of aromatic nitrogens is 2. The van der Waals surface area contributed by atoms with E-state index in [9.17, 15) is 0 Å². The highest BCUT2D eigenvalue weighted by atomic mass is 15.3. The van der Waals surface area contributed by atoms with Crippen LogP contribution in [0.2, 0.25) is 0 Å². The Morgan fingerprint density at radius 2 is 1.88 bits per heavy atom. The van der Waals surface area contributed by atoms with E-state index in [0.29, 0.717) is 0 Å². The Labute approximate surface area is 95.9 Å². The van der Waals surface area contributed by atoms with Crippen molar-refractivity contribution >= 4 is 5.69 Å². The number of hydrogen-bond acceptors (Lipinski definition) is 2. The Morgan fingerprint density at radius 3 is 2.38 bits per heavy atom. The average Bonchev–Trinajstić information content (AvgIpc) is 2.47. The van der Waals surface area contributed by atoms with E-state index in [1.165, 1.54) is 16.8 Å². The van der Waals surface area contributed by atoms with Crippen LogP contribution in [-0.2, 0) is 7.05 Å². The molecule has 0 atom stereocenters. The van der Waals surface area contributed by atoms with Crippen LogP contribution in [-0.4, -0.2) is 9.78 Å². The zero-order chi connectivity index (χ0) is 11.9. The van der Waals surface area contributed by atoms with Crippen LogP contribution in [0.5, 0.6) is 0 Å². The number of anilines is 1. The number of benzene rings is 1. The van der Waals surface area contributed by atoms with Gasteiger partial charge in [0, 0.05) is 24.0 Å². The second-order valence-corrected chi connectivity index (χ2v) is 4.24. The minimum absolute atomic E-state index is 0.836. The molecule has 0 aliphatic heterocycles. The fourth-order valence-electron chi connectivity index (χ4n) is 2.02. The van der Waals surface area contributed by atoms with Gasteiger partial charge in [-0.3, -0.25) is 4.68 Å². The van der Waals surface area contributed by atoms with Crippen molar-refractivity contribution in [1.29, 1.82) is 0 Å². The van der Waals surface area contributed by atoms with Crippen LogP contribution in [0.1, 0.15) is 17.0 Å². The Hall–Kier alpha value is -1.77. The molecule has 2 aromatic rings. The van der Waals surface area contributed by atoms with Crippen LogP contribution in [0.4, 0.5) is 5.69 Å². The first-order valence-electron chi connectivity index (χ1n) is 5.37. The van der Waals surface area contributed by atoms with Gasteiger partial charge < -0.3 is 5.73 Å². The third-order valence-corrected chi connectivity index (χ3v) is 3.07. The maximum absolute atomic E-state index is 5.83. The minimum atomic E-state index is 0.836. The first-order valence-corrected chi connectivity index (χ1v) is 5.37. The second kappa shape index (κ2) is 3.67. The summed E-state index contributed by atoms with van der Waals surface area (Å²) >= 11 is 0. The molecule has 84 valence electrons. The molecule has 0 unspecified atom stereocenters. The Balaban J connectivity index is 2.63. The summed E-state index contributed by atoms with van der Waals surface area (Å²) in [6.45, 7) is 6.15. The first-order chi connectivity index (χ1) is 7.50. The Bertz CT molecular complexity index is 538. The molecule has 1 aromatic heterocycles. The fourth-order valence-corrected chi connectivity index (χ4v) is 2.02. The molecule has 3 nitrogen and oxygen atoms in total. The number of hydrogen-bond donors (Lipinski definition) is 1. The van der Waals surface area contributed by atoms with E-state index in [1.807, 2.05) is 31.6 Å². The number of nitrogen functional groups attached to an aromatic ring is 1. The van der Waals surface area contributed by atoms with Crippen molar-refractivity contribution in [2.24, 2.45) is 7.05 Å². The van der Waals surface area contributed by atoms with Gasteiger partial charge in [-0.25, -0.2) is 0 Å². The Morgan fingerprint density at radius 1 is 1.19 bits per heavy atom. The molecule has 0 spiro atoms. The van der Waals surface area contributed by atoms with Crippen LogP contribution in [0, 0.1) is 20.8 Å². The van der Waals surface area contributed by atoms with Gasteiger partial charge in [0.15, 0.2) is 0 Å².